The number of ether oxygens (including phenoxy) is 2. The van der Waals surface area contributed by atoms with Crippen LogP contribution in [0.5, 0.6) is 11.5 Å². The van der Waals surface area contributed by atoms with Crippen LogP contribution in [0.15, 0.2) is 59.5 Å². The molecule has 0 aromatic heterocycles. The summed E-state index contributed by atoms with van der Waals surface area (Å²) < 4.78 is 119. The van der Waals surface area contributed by atoms with E-state index in [0.717, 1.165) is 55.6 Å². The van der Waals surface area contributed by atoms with Gasteiger partial charge in [-0.25, -0.2) is 21.6 Å². The molecule has 4 rings (SSSR count). The van der Waals surface area contributed by atoms with Crippen molar-refractivity contribution >= 4 is 21.6 Å². The van der Waals surface area contributed by atoms with E-state index in [2.05, 4.69) is 0 Å². The first-order chi connectivity index (χ1) is 18.2. The zero-order valence-corrected chi connectivity index (χ0v) is 20.5. The number of carbonyl (C=O) groups excluding carboxylic acids is 1. The fourth-order valence-corrected chi connectivity index (χ4v) is 5.24. The Morgan fingerprint density at radius 1 is 1.08 bits per heavy atom. The van der Waals surface area contributed by atoms with Crippen molar-refractivity contribution in [1.82, 2.24) is 5.32 Å². The number of aliphatic hydroxyl groups is 1. The number of fused-ring (bicyclic) bond motifs is 1. The predicted octanol–water partition coefficient (Wildman–Crippen LogP) is 3.73. The summed E-state index contributed by atoms with van der Waals surface area (Å²) in [6.07, 6.45) is -10.5. The van der Waals surface area contributed by atoms with E-state index in [4.69, 9.17) is 9.47 Å². The topological polar surface area (TPSA) is 105 Å². The maximum absolute atomic E-state index is 14.4. The van der Waals surface area contributed by atoms with Gasteiger partial charge in [-0.15, -0.1) is 0 Å². The van der Waals surface area contributed by atoms with Crippen LogP contribution in [0.1, 0.15) is 0 Å². The van der Waals surface area contributed by atoms with Crippen LogP contribution in [0.4, 0.5) is 32.0 Å². The standard InChI is InChI=1S/C24H18F6N2O6S/c1-37-20-10-14(4-6-17(20)27)39(35,36)32-11-21(31-23(34)22(33)24(28,29)30)38-19-7-2-12(8-18(19)32)15-9-13(25)3-5-16(15)26/h2-10,21-22,33H,11H2,1H3,(H,31,34). The summed E-state index contributed by atoms with van der Waals surface area (Å²) in [7, 11) is -3.56. The van der Waals surface area contributed by atoms with Crippen molar-refractivity contribution in [1.29, 1.82) is 0 Å². The van der Waals surface area contributed by atoms with Gasteiger partial charge >= 0.3 is 6.18 Å². The van der Waals surface area contributed by atoms with Crippen LogP contribution in [0.25, 0.3) is 11.1 Å². The second-order valence-corrected chi connectivity index (χ2v) is 10.1. The highest BCUT2D eigenvalue weighted by Crippen LogP contribution is 2.40. The molecular formula is C24H18F6N2O6S. The highest BCUT2D eigenvalue weighted by atomic mass is 32.2. The Morgan fingerprint density at radius 3 is 2.44 bits per heavy atom. The molecule has 15 heteroatoms. The van der Waals surface area contributed by atoms with Gasteiger partial charge in [0, 0.05) is 11.6 Å². The van der Waals surface area contributed by atoms with Crippen LogP contribution in [-0.4, -0.2) is 51.6 Å². The lowest BCUT2D eigenvalue weighted by Gasteiger charge is -2.36. The summed E-state index contributed by atoms with van der Waals surface area (Å²) in [4.78, 5) is 11.5. The Labute approximate surface area is 217 Å². The van der Waals surface area contributed by atoms with Crippen molar-refractivity contribution < 1.29 is 54.1 Å². The molecular weight excluding hydrogens is 558 g/mol. The van der Waals surface area contributed by atoms with E-state index < -0.39 is 69.1 Å². The van der Waals surface area contributed by atoms with Crippen molar-refractivity contribution in [2.45, 2.75) is 23.4 Å². The second-order valence-electron chi connectivity index (χ2n) is 8.20. The Bertz CT molecular complexity index is 1530. The number of aliphatic hydroxyl groups excluding tert-OH is 1. The average molecular weight is 576 g/mol. The number of hydrogen-bond donors (Lipinski definition) is 2. The van der Waals surface area contributed by atoms with Gasteiger partial charge in [0.25, 0.3) is 15.9 Å². The number of sulfonamides is 1. The van der Waals surface area contributed by atoms with Crippen molar-refractivity contribution in [3.8, 4) is 22.6 Å². The SMILES string of the molecule is COc1cc(S(=O)(=O)N2CC(NC(=O)C(O)C(F)(F)F)Oc3ccc(-c4cc(F)ccc4F)cc32)ccc1F. The van der Waals surface area contributed by atoms with Gasteiger partial charge in [0.1, 0.15) is 17.4 Å². The predicted molar refractivity (Wildman–Crippen MR) is 124 cm³/mol. The monoisotopic (exact) mass is 576 g/mol. The fraction of sp³-hybridized carbons (Fsp3) is 0.208. The molecule has 0 radical (unpaired) electrons. The zero-order chi connectivity index (χ0) is 28.7. The van der Waals surface area contributed by atoms with Crippen molar-refractivity contribution in [3.63, 3.8) is 0 Å². The lowest BCUT2D eigenvalue weighted by Crippen LogP contribution is -2.55. The van der Waals surface area contributed by atoms with Crippen LogP contribution in [0.3, 0.4) is 0 Å². The molecule has 0 aliphatic carbocycles. The number of halogens is 6. The van der Waals surface area contributed by atoms with Crippen molar-refractivity contribution in [3.05, 3.63) is 72.0 Å². The third kappa shape index (κ3) is 5.59. The molecule has 0 saturated heterocycles. The lowest BCUT2D eigenvalue weighted by atomic mass is 10.0. The quantitative estimate of drug-likeness (QED) is 0.434. The molecule has 2 N–H and O–H groups in total. The number of methoxy groups -OCH3 is 1. The first-order valence-electron chi connectivity index (χ1n) is 10.9. The molecule has 8 nitrogen and oxygen atoms in total. The van der Waals surface area contributed by atoms with Crippen molar-refractivity contribution in [2.24, 2.45) is 0 Å². The molecule has 3 aromatic rings. The first kappa shape index (κ1) is 28.0. The summed E-state index contributed by atoms with van der Waals surface area (Å²) in [5.41, 5.74) is -0.468. The molecule has 0 saturated carbocycles. The second kappa shape index (κ2) is 10.3. The van der Waals surface area contributed by atoms with Gasteiger partial charge in [-0.2, -0.15) is 13.2 Å². The maximum Gasteiger partial charge on any atom is 0.423 e. The summed E-state index contributed by atoms with van der Waals surface area (Å²) in [5, 5.41) is 11.0. The van der Waals surface area contributed by atoms with Gasteiger partial charge in [-0.1, -0.05) is 6.07 Å². The molecule has 208 valence electrons. The van der Waals surface area contributed by atoms with Crippen LogP contribution in [0.2, 0.25) is 0 Å². The largest absolute Gasteiger partial charge is 0.494 e. The van der Waals surface area contributed by atoms with Crippen LogP contribution in [0, 0.1) is 17.5 Å². The van der Waals surface area contributed by atoms with E-state index >= 15 is 0 Å². The number of carbonyl (C=O) groups is 1. The summed E-state index contributed by atoms with van der Waals surface area (Å²) >= 11 is 0. The maximum atomic E-state index is 14.4. The summed E-state index contributed by atoms with van der Waals surface area (Å²) in [5.74, 6) is -5.11. The molecule has 1 aliphatic heterocycles. The Balaban J connectivity index is 1.81. The normalized spacial score (nSPS) is 16.2. The molecule has 1 heterocycles. The Morgan fingerprint density at radius 2 is 1.77 bits per heavy atom. The van der Waals surface area contributed by atoms with Crippen LogP contribution in [-0.2, 0) is 14.8 Å². The molecule has 2 unspecified atom stereocenters. The zero-order valence-electron chi connectivity index (χ0n) is 19.7. The summed E-state index contributed by atoms with van der Waals surface area (Å²) in [6, 6.07) is 8.68. The Hall–Kier alpha value is -3.98. The highest BCUT2D eigenvalue weighted by Gasteiger charge is 2.45. The number of hydrogen-bond acceptors (Lipinski definition) is 6. The fourth-order valence-electron chi connectivity index (χ4n) is 3.75. The van der Waals surface area contributed by atoms with Crippen molar-refractivity contribution in [2.75, 3.05) is 18.0 Å². The lowest BCUT2D eigenvalue weighted by molar-refractivity contribution is -0.206. The van der Waals surface area contributed by atoms with E-state index in [1.807, 2.05) is 0 Å². The van der Waals surface area contributed by atoms with Gasteiger partial charge in [-0.05, 0) is 48.0 Å². The van der Waals surface area contributed by atoms with Gasteiger partial charge in [0.2, 0.25) is 6.10 Å². The third-order valence-electron chi connectivity index (χ3n) is 5.64. The summed E-state index contributed by atoms with van der Waals surface area (Å²) in [6.45, 7) is -0.819. The number of benzene rings is 3. The number of alkyl halides is 3. The van der Waals surface area contributed by atoms with E-state index in [-0.39, 0.29) is 22.6 Å². The number of rotatable bonds is 6. The van der Waals surface area contributed by atoms with E-state index in [9.17, 15) is 44.7 Å². The Kier molecular flexibility index (Phi) is 7.40. The molecule has 0 spiro atoms. The third-order valence-corrected chi connectivity index (χ3v) is 7.42. The average Bonchev–Trinajstić information content (AvgIpc) is 2.88. The smallest absolute Gasteiger partial charge is 0.423 e. The number of nitrogens with one attached hydrogen (secondary N) is 1. The minimum absolute atomic E-state index is 0.0150. The van der Waals surface area contributed by atoms with Crippen LogP contribution < -0.4 is 19.1 Å². The molecule has 0 fully saturated rings. The first-order valence-corrected chi connectivity index (χ1v) is 12.3. The minimum Gasteiger partial charge on any atom is -0.494 e. The molecule has 1 aliphatic rings. The van der Waals surface area contributed by atoms with Gasteiger partial charge in [-0.3, -0.25) is 9.10 Å². The molecule has 1 amide bonds. The van der Waals surface area contributed by atoms with E-state index in [1.54, 1.807) is 5.32 Å². The van der Waals surface area contributed by atoms with Gasteiger partial charge in [0.15, 0.2) is 17.8 Å². The number of amides is 1. The van der Waals surface area contributed by atoms with Gasteiger partial charge < -0.3 is 19.9 Å². The van der Waals surface area contributed by atoms with Gasteiger partial charge in [0.05, 0.1) is 24.2 Å². The number of nitrogens with zero attached hydrogens (tertiary/aromatic N) is 1. The molecule has 39 heavy (non-hydrogen) atoms. The molecule has 2 atom stereocenters. The van der Waals surface area contributed by atoms with Crippen LogP contribution >= 0.6 is 0 Å². The van der Waals surface area contributed by atoms with E-state index in [1.165, 1.54) is 6.07 Å². The minimum atomic E-state index is -5.31. The molecule has 0 bridgehead atoms. The van der Waals surface area contributed by atoms with E-state index in [0.29, 0.717) is 4.31 Å². The highest BCUT2D eigenvalue weighted by molar-refractivity contribution is 7.92. The molecule has 3 aromatic carbocycles. The number of anilines is 1.